The van der Waals surface area contributed by atoms with Crippen LogP contribution in [0.2, 0.25) is 0 Å². The van der Waals surface area contributed by atoms with Gasteiger partial charge < -0.3 is 10.4 Å². The number of fused-ring (bicyclic) bond motifs is 1. The zero-order valence-electron chi connectivity index (χ0n) is 18.0. The van der Waals surface area contributed by atoms with Gasteiger partial charge in [0.1, 0.15) is 0 Å². The summed E-state index contributed by atoms with van der Waals surface area (Å²) in [6.45, 7) is 1.68. The molecule has 1 aliphatic heterocycles. The topological polar surface area (TPSA) is 124 Å². The van der Waals surface area contributed by atoms with Gasteiger partial charge in [0.2, 0.25) is 0 Å². The fourth-order valence-corrected chi connectivity index (χ4v) is 3.65. The molecule has 9 heteroatoms. The number of nitrogens with one attached hydrogen (secondary N) is 1. The Morgan fingerprint density at radius 1 is 0.824 bits per heavy atom. The second-order valence-electron chi connectivity index (χ2n) is 7.41. The molecule has 0 atom stereocenters. The quantitative estimate of drug-likeness (QED) is 0.548. The van der Waals surface area contributed by atoms with Crippen molar-refractivity contribution in [3.05, 3.63) is 101 Å². The first kappa shape index (κ1) is 22.4. The smallest absolute Gasteiger partial charge is 0.335 e. The Labute approximate surface area is 194 Å². The van der Waals surface area contributed by atoms with Gasteiger partial charge in [-0.2, -0.15) is 5.01 Å². The molecule has 1 aliphatic rings. The number of aromatic carboxylic acids is 1. The van der Waals surface area contributed by atoms with Crippen LogP contribution in [0.5, 0.6) is 0 Å². The molecule has 0 saturated carbocycles. The number of carboxylic acid groups (broad SMARTS) is 1. The highest BCUT2D eigenvalue weighted by Gasteiger charge is 2.40. The fraction of sp³-hybridized carbons (Fsp3) is 0.0800. The number of hydrogen-bond donors (Lipinski definition) is 2. The summed E-state index contributed by atoms with van der Waals surface area (Å²) < 4.78 is 0. The van der Waals surface area contributed by atoms with Crippen LogP contribution in [0.1, 0.15) is 58.7 Å². The van der Waals surface area contributed by atoms with E-state index in [-0.39, 0.29) is 40.0 Å². The van der Waals surface area contributed by atoms with E-state index in [4.69, 9.17) is 5.11 Å². The van der Waals surface area contributed by atoms with Gasteiger partial charge in [0, 0.05) is 23.4 Å². The maximum atomic E-state index is 13.2. The van der Waals surface area contributed by atoms with Crippen molar-refractivity contribution in [2.24, 2.45) is 0 Å². The maximum Gasteiger partial charge on any atom is 0.335 e. The number of imide groups is 1. The first-order valence-electron chi connectivity index (χ1n) is 10.4. The van der Waals surface area contributed by atoms with Crippen LogP contribution >= 0.6 is 0 Å². The number of benzene rings is 3. The third kappa shape index (κ3) is 4.02. The first-order valence-corrected chi connectivity index (χ1v) is 10.4. The molecule has 1 heterocycles. The Balaban J connectivity index is 1.57. The van der Waals surface area contributed by atoms with Crippen molar-refractivity contribution in [1.29, 1.82) is 0 Å². The van der Waals surface area contributed by atoms with E-state index in [0.717, 1.165) is 10.0 Å². The highest BCUT2D eigenvalue weighted by atomic mass is 16.4. The second kappa shape index (κ2) is 8.99. The van der Waals surface area contributed by atoms with Crippen LogP contribution in [0.15, 0.2) is 72.8 Å². The minimum Gasteiger partial charge on any atom is -0.478 e. The zero-order chi connectivity index (χ0) is 24.4. The average molecular weight is 457 g/mol. The summed E-state index contributed by atoms with van der Waals surface area (Å²) in [5.41, 5.74) is 0.977. The van der Waals surface area contributed by atoms with Crippen molar-refractivity contribution in [2.75, 3.05) is 11.9 Å². The number of anilines is 1. The summed E-state index contributed by atoms with van der Waals surface area (Å²) >= 11 is 0. The van der Waals surface area contributed by atoms with Crippen LogP contribution in [0.4, 0.5) is 5.69 Å². The van der Waals surface area contributed by atoms with Crippen LogP contribution in [-0.4, -0.2) is 51.3 Å². The van der Waals surface area contributed by atoms with Crippen LogP contribution in [-0.2, 0) is 0 Å². The highest BCUT2D eigenvalue weighted by Crippen LogP contribution is 2.25. The molecule has 0 fully saturated rings. The largest absolute Gasteiger partial charge is 0.478 e. The van der Waals surface area contributed by atoms with Crippen molar-refractivity contribution in [2.45, 2.75) is 6.92 Å². The first-order chi connectivity index (χ1) is 16.3. The lowest BCUT2D eigenvalue weighted by atomic mass is 10.1. The molecule has 9 nitrogen and oxygen atoms in total. The predicted octanol–water partition coefficient (Wildman–Crippen LogP) is 3.31. The Morgan fingerprint density at radius 3 is 2.03 bits per heavy atom. The highest BCUT2D eigenvalue weighted by molar-refractivity contribution is 6.22. The third-order valence-corrected chi connectivity index (χ3v) is 5.29. The van der Waals surface area contributed by atoms with E-state index in [1.165, 1.54) is 54.6 Å². The van der Waals surface area contributed by atoms with Crippen molar-refractivity contribution in [1.82, 2.24) is 10.0 Å². The number of carboxylic acids is 1. The minimum atomic E-state index is -1.13. The van der Waals surface area contributed by atoms with Gasteiger partial charge in [-0.1, -0.05) is 24.3 Å². The molecule has 0 aromatic heterocycles. The van der Waals surface area contributed by atoms with Crippen LogP contribution in [0.3, 0.4) is 0 Å². The van der Waals surface area contributed by atoms with Crippen molar-refractivity contribution >= 4 is 35.3 Å². The van der Waals surface area contributed by atoms with E-state index in [0.29, 0.717) is 0 Å². The third-order valence-electron chi connectivity index (χ3n) is 5.29. The monoisotopic (exact) mass is 457 g/mol. The molecule has 170 valence electrons. The molecule has 4 rings (SSSR count). The van der Waals surface area contributed by atoms with E-state index in [1.54, 1.807) is 25.1 Å². The van der Waals surface area contributed by atoms with Gasteiger partial charge in [-0.15, -0.1) is 0 Å². The maximum absolute atomic E-state index is 13.2. The minimum absolute atomic E-state index is 0.0151. The standard InChI is InChI=1S/C25H19N3O6/c1-2-27(28-23(31)19-11-3-4-12-20(19)24(28)32)22(30)16-8-5-7-15(13-16)21(29)26-18-10-6-9-17(14-18)25(33)34/h3-14H,2H2,1H3,(H,26,29)(H,33,34). The predicted molar refractivity (Wildman–Crippen MR) is 121 cm³/mol. The lowest BCUT2D eigenvalue weighted by Crippen LogP contribution is -2.49. The van der Waals surface area contributed by atoms with Gasteiger partial charge >= 0.3 is 5.97 Å². The number of rotatable bonds is 6. The van der Waals surface area contributed by atoms with Crippen molar-refractivity contribution in [3.63, 3.8) is 0 Å². The average Bonchev–Trinajstić information content (AvgIpc) is 3.10. The summed E-state index contributed by atoms with van der Waals surface area (Å²) in [5.74, 6) is -3.50. The molecule has 0 saturated heterocycles. The number of hydrogen-bond acceptors (Lipinski definition) is 5. The molecular formula is C25H19N3O6. The van der Waals surface area contributed by atoms with Crippen LogP contribution in [0.25, 0.3) is 0 Å². The summed E-state index contributed by atoms with van der Waals surface area (Å²) in [6, 6.07) is 17.9. The second-order valence-corrected chi connectivity index (χ2v) is 7.41. The molecule has 3 aromatic rings. The van der Waals surface area contributed by atoms with E-state index < -0.39 is 29.6 Å². The Morgan fingerprint density at radius 2 is 1.41 bits per heavy atom. The van der Waals surface area contributed by atoms with Crippen LogP contribution in [0, 0.1) is 0 Å². The van der Waals surface area contributed by atoms with Gasteiger partial charge in [0.05, 0.1) is 16.7 Å². The van der Waals surface area contributed by atoms with E-state index in [1.807, 2.05) is 0 Å². The van der Waals surface area contributed by atoms with E-state index in [9.17, 15) is 24.0 Å². The summed E-state index contributed by atoms with van der Waals surface area (Å²) in [6.07, 6.45) is 0. The van der Waals surface area contributed by atoms with Gasteiger partial charge in [0.15, 0.2) is 0 Å². The van der Waals surface area contributed by atoms with Gasteiger partial charge in [-0.05, 0) is 55.5 Å². The Hall–Kier alpha value is -4.79. The normalized spacial score (nSPS) is 12.3. The lowest BCUT2D eigenvalue weighted by Gasteiger charge is -2.28. The molecule has 0 spiro atoms. The van der Waals surface area contributed by atoms with Gasteiger partial charge in [0.25, 0.3) is 23.6 Å². The molecule has 0 radical (unpaired) electrons. The summed E-state index contributed by atoms with van der Waals surface area (Å²) in [7, 11) is 0. The van der Waals surface area contributed by atoms with Crippen molar-refractivity contribution < 1.29 is 29.1 Å². The Bertz CT molecular complexity index is 1310. The molecule has 3 aromatic carbocycles. The number of nitrogens with zero attached hydrogens (tertiary/aromatic N) is 2. The molecule has 0 aliphatic carbocycles. The fourth-order valence-electron chi connectivity index (χ4n) is 3.65. The molecule has 0 unspecified atom stereocenters. The molecule has 4 amide bonds. The number of hydrazine groups is 1. The Kier molecular flexibility index (Phi) is 5.92. The molecule has 2 N–H and O–H groups in total. The van der Waals surface area contributed by atoms with Gasteiger partial charge in [-0.3, -0.25) is 19.2 Å². The van der Waals surface area contributed by atoms with Crippen molar-refractivity contribution in [3.8, 4) is 0 Å². The molecular weight excluding hydrogens is 438 g/mol. The lowest BCUT2D eigenvalue weighted by molar-refractivity contribution is 0.00561. The molecule has 34 heavy (non-hydrogen) atoms. The molecule has 0 bridgehead atoms. The van der Waals surface area contributed by atoms with E-state index in [2.05, 4.69) is 5.32 Å². The van der Waals surface area contributed by atoms with E-state index >= 15 is 0 Å². The number of carbonyl (C=O) groups is 5. The SMILES string of the molecule is CCN(C(=O)c1cccc(C(=O)Nc2cccc(C(=O)O)c2)c1)N1C(=O)c2ccccc2C1=O. The number of carbonyl (C=O) groups excluding carboxylic acids is 4. The summed E-state index contributed by atoms with van der Waals surface area (Å²) in [4.78, 5) is 62.7. The van der Waals surface area contributed by atoms with Gasteiger partial charge in [-0.25, -0.2) is 9.80 Å². The number of amides is 4. The zero-order valence-corrected chi connectivity index (χ0v) is 18.0. The van der Waals surface area contributed by atoms with Crippen LogP contribution < -0.4 is 5.32 Å². The summed E-state index contributed by atoms with van der Waals surface area (Å²) in [5, 5.41) is 13.6.